The van der Waals surface area contributed by atoms with Gasteiger partial charge >= 0.3 is 0 Å². The van der Waals surface area contributed by atoms with Gasteiger partial charge < -0.3 is 5.32 Å². The first kappa shape index (κ1) is 20.4. The molecule has 0 radical (unpaired) electrons. The summed E-state index contributed by atoms with van der Waals surface area (Å²) in [7, 11) is -3.42. The summed E-state index contributed by atoms with van der Waals surface area (Å²) in [4.78, 5) is 12.6. The normalized spacial score (nSPS) is 12.9. The first-order valence-corrected chi connectivity index (χ1v) is 12.1. The number of anilines is 2. The molecule has 0 fully saturated rings. The van der Waals surface area contributed by atoms with Crippen LogP contribution in [-0.2, 0) is 27.7 Å². The van der Waals surface area contributed by atoms with Gasteiger partial charge in [-0.3, -0.25) is 9.10 Å². The average Bonchev–Trinajstić information content (AvgIpc) is 3.12. The van der Waals surface area contributed by atoms with E-state index in [0.717, 1.165) is 29.5 Å². The number of hydrogen-bond acceptors (Lipinski definition) is 3. The zero-order chi connectivity index (χ0) is 21.3. The predicted octanol–water partition coefficient (Wildman–Crippen LogP) is 4.43. The lowest BCUT2D eigenvalue weighted by Gasteiger charge is -2.22. The summed E-state index contributed by atoms with van der Waals surface area (Å²) in [6.07, 6.45) is 3.98. The third-order valence-electron chi connectivity index (χ3n) is 5.64. The van der Waals surface area contributed by atoms with Gasteiger partial charge in [0.2, 0.25) is 15.9 Å². The summed E-state index contributed by atoms with van der Waals surface area (Å²) in [6, 6.07) is 17.7. The van der Waals surface area contributed by atoms with Gasteiger partial charge in [-0.05, 0) is 60.9 Å². The van der Waals surface area contributed by atoms with Gasteiger partial charge in [0.05, 0.1) is 11.9 Å². The third kappa shape index (κ3) is 4.19. The van der Waals surface area contributed by atoms with Crippen LogP contribution in [0.2, 0.25) is 0 Å². The van der Waals surface area contributed by atoms with Crippen LogP contribution in [0.1, 0.15) is 29.5 Å². The van der Waals surface area contributed by atoms with Crippen LogP contribution in [0, 0.1) is 6.92 Å². The van der Waals surface area contributed by atoms with E-state index in [4.69, 9.17) is 0 Å². The number of nitrogens with zero attached hydrogens (tertiary/aromatic N) is 1. The summed E-state index contributed by atoms with van der Waals surface area (Å²) in [5.41, 5.74) is 5.18. The molecule has 1 amide bonds. The van der Waals surface area contributed by atoms with Crippen molar-refractivity contribution >= 4 is 38.1 Å². The molecule has 1 N–H and O–H groups in total. The largest absolute Gasteiger partial charge is 0.326 e. The molecule has 1 aliphatic rings. The molecule has 0 unspecified atom stereocenters. The molecule has 0 spiro atoms. The van der Waals surface area contributed by atoms with Crippen molar-refractivity contribution in [1.29, 1.82) is 0 Å². The third-order valence-corrected chi connectivity index (χ3v) is 6.83. The van der Waals surface area contributed by atoms with Gasteiger partial charge in [0.15, 0.2) is 0 Å². The van der Waals surface area contributed by atoms with Crippen molar-refractivity contribution in [2.45, 2.75) is 32.6 Å². The quantitative estimate of drug-likeness (QED) is 0.612. The highest BCUT2D eigenvalue weighted by atomic mass is 32.2. The van der Waals surface area contributed by atoms with Gasteiger partial charge in [-0.2, -0.15) is 0 Å². The number of hydrogen-bond donors (Lipinski definition) is 1. The molecule has 3 aromatic rings. The fourth-order valence-electron chi connectivity index (χ4n) is 4.15. The van der Waals surface area contributed by atoms with E-state index in [2.05, 4.69) is 17.4 Å². The van der Waals surface area contributed by atoms with Gasteiger partial charge in [-0.25, -0.2) is 8.42 Å². The minimum atomic E-state index is -3.42. The maximum absolute atomic E-state index is 12.6. The molecule has 0 saturated carbocycles. The highest BCUT2D eigenvalue weighted by Crippen LogP contribution is 2.35. The molecule has 1 aliphatic carbocycles. The predicted molar refractivity (Wildman–Crippen MR) is 123 cm³/mol. The van der Waals surface area contributed by atoms with Crippen LogP contribution in [0.5, 0.6) is 0 Å². The van der Waals surface area contributed by atoms with Gasteiger partial charge in [0.1, 0.15) is 0 Å². The van der Waals surface area contributed by atoms with Crippen molar-refractivity contribution in [3.05, 3.63) is 71.3 Å². The second kappa shape index (κ2) is 8.11. The number of benzene rings is 3. The van der Waals surface area contributed by atoms with Crippen molar-refractivity contribution in [2.75, 3.05) is 22.4 Å². The Hall–Kier alpha value is -2.86. The van der Waals surface area contributed by atoms with Crippen LogP contribution < -0.4 is 9.62 Å². The van der Waals surface area contributed by atoms with Crippen LogP contribution in [0.25, 0.3) is 10.8 Å². The van der Waals surface area contributed by atoms with Crippen LogP contribution in [0.4, 0.5) is 11.4 Å². The zero-order valence-electron chi connectivity index (χ0n) is 17.3. The molecule has 5 nitrogen and oxygen atoms in total. The van der Waals surface area contributed by atoms with Crippen LogP contribution in [0.15, 0.2) is 54.6 Å². The summed E-state index contributed by atoms with van der Waals surface area (Å²) < 4.78 is 25.8. The smallest absolute Gasteiger partial charge is 0.232 e. The summed E-state index contributed by atoms with van der Waals surface area (Å²) in [5, 5.41) is 5.36. The SMILES string of the molecule is Cc1ccc(N(CCCC(=O)Nc2ccc3c4c(cccc24)CC3)S(C)(=O)=O)cc1. The second-order valence-electron chi connectivity index (χ2n) is 7.93. The Morgan fingerprint density at radius 1 is 1.00 bits per heavy atom. The molecule has 4 rings (SSSR count). The molecule has 0 heterocycles. The standard InChI is InChI=1S/C24H26N2O3S/c1-17-8-13-20(14-9-17)26(30(2,28)29)16-4-7-23(27)25-22-15-12-19-11-10-18-5-3-6-21(22)24(18)19/h3,5-6,8-9,12-15H,4,7,10-11,16H2,1-2H3,(H,25,27). The number of carbonyl (C=O) groups excluding carboxylic acids is 1. The Morgan fingerprint density at radius 3 is 2.40 bits per heavy atom. The molecule has 3 aromatic carbocycles. The van der Waals surface area contributed by atoms with Gasteiger partial charge in [-0.15, -0.1) is 0 Å². The Morgan fingerprint density at radius 2 is 1.70 bits per heavy atom. The molecule has 0 aromatic heterocycles. The number of sulfonamides is 1. The summed E-state index contributed by atoms with van der Waals surface area (Å²) in [6.45, 7) is 2.22. The van der Waals surface area contributed by atoms with E-state index >= 15 is 0 Å². The minimum absolute atomic E-state index is 0.106. The molecule has 6 heteroatoms. The Kier molecular flexibility index (Phi) is 5.52. The van der Waals surface area contributed by atoms with E-state index in [1.54, 1.807) is 12.1 Å². The monoisotopic (exact) mass is 422 g/mol. The average molecular weight is 423 g/mol. The van der Waals surface area contributed by atoms with E-state index in [0.29, 0.717) is 12.1 Å². The first-order valence-electron chi connectivity index (χ1n) is 10.2. The van der Waals surface area contributed by atoms with Crippen molar-refractivity contribution in [1.82, 2.24) is 0 Å². The Labute approximate surface area is 177 Å². The topological polar surface area (TPSA) is 66.5 Å². The van der Waals surface area contributed by atoms with E-state index in [9.17, 15) is 13.2 Å². The van der Waals surface area contributed by atoms with E-state index in [-0.39, 0.29) is 18.9 Å². The molecule has 0 atom stereocenters. The zero-order valence-corrected chi connectivity index (χ0v) is 18.1. The van der Waals surface area contributed by atoms with Crippen LogP contribution in [-0.4, -0.2) is 27.1 Å². The fourth-order valence-corrected chi connectivity index (χ4v) is 5.11. The highest BCUT2D eigenvalue weighted by Gasteiger charge is 2.19. The van der Waals surface area contributed by atoms with Gasteiger partial charge in [0.25, 0.3) is 0 Å². The van der Waals surface area contributed by atoms with Gasteiger partial charge in [0, 0.05) is 24.0 Å². The Bertz CT molecular complexity index is 1190. The van der Waals surface area contributed by atoms with Crippen LogP contribution in [0.3, 0.4) is 0 Å². The van der Waals surface area contributed by atoms with Crippen molar-refractivity contribution in [3.63, 3.8) is 0 Å². The summed E-state index contributed by atoms with van der Waals surface area (Å²) in [5.74, 6) is -0.106. The molecule has 0 aliphatic heterocycles. The molecule has 30 heavy (non-hydrogen) atoms. The summed E-state index contributed by atoms with van der Waals surface area (Å²) >= 11 is 0. The van der Waals surface area contributed by atoms with Gasteiger partial charge in [-0.1, -0.05) is 42.0 Å². The molecule has 0 bridgehead atoms. The van der Waals surface area contributed by atoms with Crippen LogP contribution >= 0.6 is 0 Å². The maximum atomic E-state index is 12.6. The minimum Gasteiger partial charge on any atom is -0.326 e. The number of amides is 1. The molecule has 156 valence electrons. The van der Waals surface area contributed by atoms with Crippen molar-refractivity contribution < 1.29 is 13.2 Å². The molecular weight excluding hydrogens is 396 g/mol. The second-order valence-corrected chi connectivity index (χ2v) is 9.84. The maximum Gasteiger partial charge on any atom is 0.232 e. The number of carbonyl (C=O) groups is 1. The number of nitrogens with one attached hydrogen (secondary N) is 1. The highest BCUT2D eigenvalue weighted by molar-refractivity contribution is 7.92. The fraction of sp³-hybridized carbons (Fsp3) is 0.292. The molecule has 0 saturated heterocycles. The lowest BCUT2D eigenvalue weighted by atomic mass is 10.0. The number of rotatable bonds is 7. The van der Waals surface area contributed by atoms with Crippen molar-refractivity contribution in [2.24, 2.45) is 0 Å². The Balaban J connectivity index is 1.43. The lowest BCUT2D eigenvalue weighted by Crippen LogP contribution is -2.31. The van der Waals surface area contributed by atoms with Crippen molar-refractivity contribution in [3.8, 4) is 0 Å². The van der Waals surface area contributed by atoms with E-state index in [1.165, 1.54) is 27.1 Å². The number of aryl methyl sites for hydroxylation is 3. The van der Waals surface area contributed by atoms with E-state index < -0.39 is 10.0 Å². The molecular formula is C24H26N2O3S. The lowest BCUT2D eigenvalue weighted by molar-refractivity contribution is -0.116. The van der Waals surface area contributed by atoms with E-state index in [1.807, 2.05) is 37.3 Å². The first-order chi connectivity index (χ1) is 14.3.